The maximum Gasteiger partial charge on any atom is 0.182 e. The number of benzene rings is 1. The van der Waals surface area contributed by atoms with Crippen molar-refractivity contribution in [2.45, 2.75) is 13.3 Å². The molecule has 0 unspecified atom stereocenters. The van der Waals surface area contributed by atoms with E-state index in [4.69, 9.17) is 11.6 Å². The molecule has 0 saturated heterocycles. The lowest BCUT2D eigenvalue weighted by Crippen LogP contribution is -1.87. The van der Waals surface area contributed by atoms with Crippen molar-refractivity contribution in [1.82, 2.24) is 4.98 Å². The predicted molar refractivity (Wildman–Crippen MR) is 70.7 cm³/mol. The fraction of sp³-hybridized carbons (Fsp3) is 0.250. The number of rotatable bonds is 3. The summed E-state index contributed by atoms with van der Waals surface area (Å²) in [5, 5.41) is 4.82. The number of thiazole rings is 1. The number of hydrogen-bond donors (Lipinski definition) is 1. The first-order chi connectivity index (χ1) is 7.69. The molecule has 0 saturated carbocycles. The van der Waals surface area contributed by atoms with Crippen LogP contribution in [0, 0.1) is 6.92 Å². The van der Waals surface area contributed by atoms with Crippen molar-refractivity contribution in [3.05, 3.63) is 45.4 Å². The van der Waals surface area contributed by atoms with Gasteiger partial charge in [-0.1, -0.05) is 23.7 Å². The Morgan fingerprint density at radius 2 is 2.00 bits per heavy atom. The maximum absolute atomic E-state index is 5.85. The van der Waals surface area contributed by atoms with Gasteiger partial charge in [0, 0.05) is 23.4 Å². The highest BCUT2D eigenvalue weighted by atomic mass is 35.5. The van der Waals surface area contributed by atoms with E-state index in [1.165, 1.54) is 10.4 Å². The van der Waals surface area contributed by atoms with Crippen LogP contribution in [0.1, 0.15) is 16.1 Å². The maximum atomic E-state index is 5.85. The van der Waals surface area contributed by atoms with Crippen LogP contribution in [0.25, 0.3) is 0 Å². The number of nitrogens with zero attached hydrogens (tertiary/aromatic N) is 1. The monoisotopic (exact) mass is 252 g/mol. The topological polar surface area (TPSA) is 24.9 Å². The van der Waals surface area contributed by atoms with Gasteiger partial charge in [-0.25, -0.2) is 4.98 Å². The molecular weight excluding hydrogens is 240 g/mol. The number of aromatic nitrogens is 1. The summed E-state index contributed by atoms with van der Waals surface area (Å²) in [5.41, 5.74) is 2.36. The van der Waals surface area contributed by atoms with Gasteiger partial charge in [0.25, 0.3) is 0 Å². The average Bonchev–Trinajstić information content (AvgIpc) is 2.63. The summed E-state index contributed by atoms with van der Waals surface area (Å²) < 4.78 is 0. The smallest absolute Gasteiger partial charge is 0.182 e. The molecule has 2 rings (SSSR count). The van der Waals surface area contributed by atoms with Crippen molar-refractivity contribution < 1.29 is 0 Å². The lowest BCUT2D eigenvalue weighted by Gasteiger charge is -1.99. The number of halogens is 1. The molecule has 1 heterocycles. The minimum Gasteiger partial charge on any atom is -0.365 e. The molecule has 2 nitrogen and oxygen atoms in total. The van der Waals surface area contributed by atoms with Crippen molar-refractivity contribution >= 4 is 28.1 Å². The summed E-state index contributed by atoms with van der Waals surface area (Å²) in [7, 11) is 1.89. The van der Waals surface area contributed by atoms with Gasteiger partial charge >= 0.3 is 0 Å². The molecule has 1 N–H and O–H groups in total. The zero-order chi connectivity index (χ0) is 11.5. The Bertz CT molecular complexity index is 476. The summed E-state index contributed by atoms with van der Waals surface area (Å²) in [6, 6.07) is 7.96. The molecule has 4 heteroatoms. The van der Waals surface area contributed by atoms with Gasteiger partial charge in [-0.3, -0.25) is 0 Å². The lowest BCUT2D eigenvalue weighted by atomic mass is 10.1. The van der Waals surface area contributed by atoms with Crippen molar-refractivity contribution in [2.75, 3.05) is 12.4 Å². The second-order valence-corrected chi connectivity index (χ2v) is 5.10. The third kappa shape index (κ3) is 2.54. The van der Waals surface area contributed by atoms with Crippen LogP contribution in [0.3, 0.4) is 0 Å². The van der Waals surface area contributed by atoms with E-state index in [-0.39, 0.29) is 0 Å². The Kier molecular flexibility index (Phi) is 3.46. The molecule has 84 valence electrons. The van der Waals surface area contributed by atoms with Gasteiger partial charge in [0.15, 0.2) is 5.13 Å². The Balaban J connectivity index is 2.19. The zero-order valence-electron chi connectivity index (χ0n) is 9.25. The van der Waals surface area contributed by atoms with Crippen LogP contribution in [0.15, 0.2) is 24.3 Å². The van der Waals surface area contributed by atoms with Crippen molar-refractivity contribution in [3.8, 4) is 0 Å². The average molecular weight is 253 g/mol. The van der Waals surface area contributed by atoms with Crippen LogP contribution in [0.5, 0.6) is 0 Å². The number of anilines is 1. The Morgan fingerprint density at radius 3 is 2.56 bits per heavy atom. The summed E-state index contributed by atoms with van der Waals surface area (Å²) in [6.45, 7) is 2.04. The van der Waals surface area contributed by atoms with Crippen LogP contribution in [-0.2, 0) is 6.42 Å². The first-order valence-corrected chi connectivity index (χ1v) is 6.27. The molecule has 0 aliphatic carbocycles. The van der Waals surface area contributed by atoms with Crippen molar-refractivity contribution in [2.24, 2.45) is 0 Å². The van der Waals surface area contributed by atoms with Gasteiger partial charge in [-0.05, 0) is 24.6 Å². The minimum absolute atomic E-state index is 0.778. The van der Waals surface area contributed by atoms with E-state index in [0.29, 0.717) is 0 Å². The molecular formula is C12H13ClN2S. The van der Waals surface area contributed by atoms with E-state index in [9.17, 15) is 0 Å². The number of hydrogen-bond acceptors (Lipinski definition) is 3. The van der Waals surface area contributed by atoms with Gasteiger partial charge in [-0.2, -0.15) is 0 Å². The molecule has 2 aromatic rings. The third-order valence-corrected chi connectivity index (χ3v) is 3.81. The van der Waals surface area contributed by atoms with Crippen LogP contribution >= 0.6 is 22.9 Å². The fourth-order valence-corrected chi connectivity index (χ4v) is 2.56. The van der Waals surface area contributed by atoms with E-state index < -0.39 is 0 Å². The van der Waals surface area contributed by atoms with E-state index in [2.05, 4.69) is 22.4 Å². The molecule has 1 aromatic carbocycles. The third-order valence-electron chi connectivity index (χ3n) is 2.38. The van der Waals surface area contributed by atoms with Gasteiger partial charge in [-0.15, -0.1) is 11.3 Å². The van der Waals surface area contributed by atoms with Crippen LogP contribution in [-0.4, -0.2) is 12.0 Å². The highest BCUT2D eigenvalue weighted by Gasteiger charge is 2.07. The second-order valence-electron chi connectivity index (χ2n) is 3.58. The quantitative estimate of drug-likeness (QED) is 0.900. The van der Waals surface area contributed by atoms with Crippen LogP contribution in [0.4, 0.5) is 5.13 Å². The Hall–Kier alpha value is -1.06. The van der Waals surface area contributed by atoms with Gasteiger partial charge < -0.3 is 5.32 Å². The predicted octanol–water partition coefficient (Wildman–Crippen LogP) is 3.74. The number of aryl methyl sites for hydroxylation is 1. The van der Waals surface area contributed by atoms with E-state index in [0.717, 1.165) is 22.3 Å². The molecule has 0 radical (unpaired) electrons. The van der Waals surface area contributed by atoms with Gasteiger partial charge in [0.05, 0.1) is 5.69 Å². The van der Waals surface area contributed by atoms with Crippen molar-refractivity contribution in [3.63, 3.8) is 0 Å². The van der Waals surface area contributed by atoms with Crippen molar-refractivity contribution in [1.29, 1.82) is 0 Å². The summed E-state index contributed by atoms with van der Waals surface area (Å²) in [4.78, 5) is 5.72. The molecule has 0 aliphatic heterocycles. The fourth-order valence-electron chi connectivity index (χ4n) is 1.49. The van der Waals surface area contributed by atoms with Crippen LogP contribution < -0.4 is 5.32 Å². The van der Waals surface area contributed by atoms with Gasteiger partial charge in [0.1, 0.15) is 0 Å². The SMILES string of the molecule is CNc1nc(C)c(Cc2ccc(Cl)cc2)s1. The zero-order valence-corrected chi connectivity index (χ0v) is 10.8. The minimum atomic E-state index is 0.778. The van der Waals surface area contributed by atoms with Crippen LogP contribution in [0.2, 0.25) is 5.02 Å². The first kappa shape index (κ1) is 11.4. The normalized spacial score (nSPS) is 10.4. The highest BCUT2D eigenvalue weighted by Crippen LogP contribution is 2.25. The highest BCUT2D eigenvalue weighted by molar-refractivity contribution is 7.15. The first-order valence-electron chi connectivity index (χ1n) is 5.07. The van der Waals surface area contributed by atoms with Gasteiger partial charge in [0.2, 0.25) is 0 Å². The summed E-state index contributed by atoms with van der Waals surface area (Å²) >= 11 is 7.56. The standard InChI is InChI=1S/C12H13ClN2S/c1-8-11(16-12(14-2)15-8)7-9-3-5-10(13)6-4-9/h3-6H,7H2,1-2H3,(H,14,15). The molecule has 0 fully saturated rings. The molecule has 0 aliphatic rings. The Morgan fingerprint density at radius 1 is 1.31 bits per heavy atom. The summed E-state index contributed by atoms with van der Waals surface area (Å²) in [6.07, 6.45) is 0.919. The largest absolute Gasteiger partial charge is 0.365 e. The molecule has 0 amide bonds. The number of nitrogens with one attached hydrogen (secondary N) is 1. The molecule has 0 atom stereocenters. The van der Waals surface area contributed by atoms with E-state index in [1.807, 2.05) is 26.1 Å². The second kappa shape index (κ2) is 4.85. The summed E-state index contributed by atoms with van der Waals surface area (Å²) in [5.74, 6) is 0. The van der Waals surface area contributed by atoms with E-state index >= 15 is 0 Å². The van der Waals surface area contributed by atoms with E-state index in [1.54, 1.807) is 11.3 Å². The lowest BCUT2D eigenvalue weighted by molar-refractivity contribution is 1.15. The molecule has 16 heavy (non-hydrogen) atoms. The molecule has 0 spiro atoms. The Labute approximate surface area is 104 Å². The molecule has 1 aromatic heterocycles. The molecule has 0 bridgehead atoms.